The smallest absolute Gasteiger partial charge is 0.424 e. The first-order valence-corrected chi connectivity index (χ1v) is 8.55. The van der Waals surface area contributed by atoms with E-state index >= 15 is 0 Å². The highest BCUT2D eigenvalue weighted by Gasteiger charge is 2.34. The number of ether oxygens (including phenoxy) is 1. The van der Waals surface area contributed by atoms with Crippen LogP contribution in [-0.4, -0.2) is 23.0 Å². The predicted molar refractivity (Wildman–Crippen MR) is 94.0 cm³/mol. The number of hydroxylamine groups is 2. The summed E-state index contributed by atoms with van der Waals surface area (Å²) < 4.78 is 5.49. The third-order valence-corrected chi connectivity index (χ3v) is 4.47. The van der Waals surface area contributed by atoms with Crippen LogP contribution in [-0.2, 0) is 25.6 Å². The molecule has 1 unspecified atom stereocenters. The molecule has 4 rings (SSSR count). The summed E-state index contributed by atoms with van der Waals surface area (Å²) in [6.07, 6.45) is -1.29. The first-order chi connectivity index (χ1) is 13.1. The Morgan fingerprint density at radius 1 is 0.926 bits per heavy atom. The molecule has 0 saturated carbocycles. The van der Waals surface area contributed by atoms with Crippen LogP contribution in [0.5, 0.6) is 0 Å². The van der Waals surface area contributed by atoms with Gasteiger partial charge < -0.3 is 4.74 Å². The Hall–Kier alpha value is -3.59. The lowest BCUT2D eigenvalue weighted by Crippen LogP contribution is -2.33. The van der Waals surface area contributed by atoms with E-state index in [4.69, 9.17) is 9.57 Å². The zero-order valence-electron chi connectivity index (χ0n) is 14.3. The zero-order valence-corrected chi connectivity index (χ0v) is 14.3. The van der Waals surface area contributed by atoms with E-state index in [0.717, 1.165) is 22.3 Å². The first kappa shape index (κ1) is 16.9. The molecule has 2 aliphatic rings. The number of rotatable bonds is 2. The molecule has 6 nitrogen and oxygen atoms in total. The van der Waals surface area contributed by atoms with Gasteiger partial charge in [0.25, 0.3) is 11.8 Å². The minimum atomic E-state index is -1.09. The second kappa shape index (κ2) is 6.96. The summed E-state index contributed by atoms with van der Waals surface area (Å²) >= 11 is 0. The Bertz CT molecular complexity index is 985. The van der Waals surface area contributed by atoms with Crippen molar-refractivity contribution in [3.63, 3.8) is 0 Å². The van der Waals surface area contributed by atoms with Gasteiger partial charge in [-0.3, -0.25) is 14.4 Å². The Kier molecular flexibility index (Phi) is 4.35. The normalized spacial score (nSPS) is 17.8. The fourth-order valence-electron chi connectivity index (χ4n) is 3.13. The molecule has 1 aliphatic carbocycles. The van der Waals surface area contributed by atoms with Crippen molar-refractivity contribution in [3.8, 4) is 11.8 Å². The fourth-order valence-corrected chi connectivity index (χ4v) is 3.13. The lowest BCUT2D eigenvalue weighted by atomic mass is 9.92. The molecule has 0 spiro atoms. The summed E-state index contributed by atoms with van der Waals surface area (Å²) in [5, 5.41) is 0.477. The average molecular weight is 361 g/mol. The number of fused-ring (bicyclic) bond motifs is 2. The maximum absolute atomic E-state index is 12.3. The second-order valence-corrected chi connectivity index (χ2v) is 6.23. The maximum Gasteiger partial charge on any atom is 0.534 e. The quantitative estimate of drug-likeness (QED) is 0.467. The van der Waals surface area contributed by atoms with E-state index in [0.29, 0.717) is 11.5 Å². The van der Waals surface area contributed by atoms with Crippen molar-refractivity contribution in [1.82, 2.24) is 5.06 Å². The van der Waals surface area contributed by atoms with E-state index in [9.17, 15) is 14.4 Å². The minimum Gasteiger partial charge on any atom is -0.424 e. The van der Waals surface area contributed by atoms with E-state index in [1.165, 1.54) is 0 Å². The Morgan fingerprint density at radius 2 is 1.56 bits per heavy atom. The van der Waals surface area contributed by atoms with Crippen molar-refractivity contribution in [2.24, 2.45) is 0 Å². The summed E-state index contributed by atoms with van der Waals surface area (Å²) in [7, 11) is 0. The molecule has 0 radical (unpaired) electrons. The predicted octanol–water partition coefficient (Wildman–Crippen LogP) is 2.90. The lowest BCUT2D eigenvalue weighted by Gasteiger charge is -2.22. The molecule has 1 saturated heterocycles. The third-order valence-electron chi connectivity index (χ3n) is 4.47. The SMILES string of the molecule is O=C(OC1Cc2ccccc2C#Cc2ccccc21)ON1C(=O)CCC1=O. The van der Waals surface area contributed by atoms with Gasteiger partial charge >= 0.3 is 6.16 Å². The number of amides is 2. The molecule has 0 N–H and O–H groups in total. The van der Waals surface area contributed by atoms with Gasteiger partial charge in [-0.15, -0.1) is 0 Å². The van der Waals surface area contributed by atoms with Gasteiger partial charge in [-0.05, 0) is 17.7 Å². The number of nitrogens with zero attached hydrogens (tertiary/aromatic N) is 1. The van der Waals surface area contributed by atoms with Crippen LogP contribution in [0.3, 0.4) is 0 Å². The minimum absolute atomic E-state index is 0.0291. The zero-order chi connectivity index (χ0) is 18.8. The molecule has 134 valence electrons. The Labute approximate surface area is 155 Å². The monoisotopic (exact) mass is 361 g/mol. The molecule has 6 heteroatoms. The van der Waals surface area contributed by atoms with Crippen molar-refractivity contribution in [2.45, 2.75) is 25.4 Å². The molecular formula is C21H15NO5. The molecule has 0 bridgehead atoms. The molecule has 0 aromatic heterocycles. The summed E-state index contributed by atoms with van der Waals surface area (Å²) in [5.41, 5.74) is 3.29. The van der Waals surface area contributed by atoms with Gasteiger partial charge in [0.05, 0.1) is 0 Å². The van der Waals surface area contributed by atoms with Crippen LogP contribution in [0.25, 0.3) is 0 Å². The molecular weight excluding hydrogens is 346 g/mol. The van der Waals surface area contributed by atoms with E-state index < -0.39 is 24.1 Å². The van der Waals surface area contributed by atoms with Crippen LogP contribution in [0.4, 0.5) is 4.79 Å². The van der Waals surface area contributed by atoms with Gasteiger partial charge in [0.1, 0.15) is 6.10 Å². The van der Waals surface area contributed by atoms with E-state index in [-0.39, 0.29) is 12.8 Å². The van der Waals surface area contributed by atoms with Crippen molar-refractivity contribution < 1.29 is 24.0 Å². The van der Waals surface area contributed by atoms with Gasteiger partial charge in [-0.25, -0.2) is 4.79 Å². The number of carbonyl (C=O) groups is 3. The number of benzene rings is 2. The van der Waals surface area contributed by atoms with Crippen LogP contribution < -0.4 is 0 Å². The number of hydrogen-bond acceptors (Lipinski definition) is 5. The van der Waals surface area contributed by atoms with Crippen LogP contribution in [0.2, 0.25) is 0 Å². The lowest BCUT2D eigenvalue weighted by molar-refractivity contribution is -0.178. The standard InChI is InChI=1S/C21H15NO5/c23-19-11-12-20(24)22(19)27-21(25)26-18-13-16-7-2-1-5-14(16)9-10-15-6-3-4-8-17(15)18/h1-8,18H,11-13H2. The van der Waals surface area contributed by atoms with E-state index in [2.05, 4.69) is 11.8 Å². The van der Waals surface area contributed by atoms with Gasteiger partial charge in [-0.2, -0.15) is 0 Å². The number of hydrogen-bond donors (Lipinski definition) is 0. The Balaban J connectivity index is 1.62. The highest BCUT2D eigenvalue weighted by Crippen LogP contribution is 2.29. The van der Waals surface area contributed by atoms with Gasteiger partial charge in [0.2, 0.25) is 0 Å². The van der Waals surface area contributed by atoms with E-state index in [1.54, 1.807) is 0 Å². The van der Waals surface area contributed by atoms with Crippen LogP contribution >= 0.6 is 0 Å². The second-order valence-electron chi connectivity index (χ2n) is 6.23. The fraction of sp³-hybridized carbons (Fsp3) is 0.190. The van der Waals surface area contributed by atoms with Crippen molar-refractivity contribution in [3.05, 3.63) is 70.8 Å². The molecule has 1 fully saturated rings. The van der Waals surface area contributed by atoms with E-state index in [1.807, 2.05) is 48.5 Å². The van der Waals surface area contributed by atoms with Crippen molar-refractivity contribution in [2.75, 3.05) is 0 Å². The molecule has 2 aromatic carbocycles. The summed E-state index contributed by atoms with van der Waals surface area (Å²) in [6.45, 7) is 0. The van der Waals surface area contributed by atoms with Crippen LogP contribution in [0, 0.1) is 11.8 Å². The first-order valence-electron chi connectivity index (χ1n) is 8.55. The molecule has 1 aliphatic heterocycles. The average Bonchev–Trinajstić information content (AvgIpc) is 2.97. The molecule has 1 atom stereocenters. The third kappa shape index (κ3) is 3.40. The summed E-state index contributed by atoms with van der Waals surface area (Å²) in [6, 6.07) is 15.0. The van der Waals surface area contributed by atoms with Crippen LogP contribution in [0.15, 0.2) is 48.5 Å². The van der Waals surface area contributed by atoms with Crippen molar-refractivity contribution in [1.29, 1.82) is 0 Å². The van der Waals surface area contributed by atoms with Crippen molar-refractivity contribution >= 4 is 18.0 Å². The number of carbonyl (C=O) groups excluding carboxylic acids is 3. The van der Waals surface area contributed by atoms with Gasteiger partial charge in [-0.1, -0.05) is 53.3 Å². The molecule has 27 heavy (non-hydrogen) atoms. The maximum atomic E-state index is 12.3. The van der Waals surface area contributed by atoms with Gasteiger partial charge in [0, 0.05) is 36.0 Å². The molecule has 2 amide bonds. The summed E-state index contributed by atoms with van der Waals surface area (Å²) in [5.74, 6) is 5.16. The largest absolute Gasteiger partial charge is 0.534 e. The highest BCUT2D eigenvalue weighted by atomic mass is 16.8. The molecule has 2 aromatic rings. The van der Waals surface area contributed by atoms with Crippen LogP contribution in [0.1, 0.15) is 41.2 Å². The highest BCUT2D eigenvalue weighted by molar-refractivity contribution is 6.01. The summed E-state index contributed by atoms with van der Waals surface area (Å²) in [4.78, 5) is 40.4. The topological polar surface area (TPSA) is 72.9 Å². The van der Waals surface area contributed by atoms with Gasteiger partial charge in [0.15, 0.2) is 0 Å². The number of imide groups is 1. The Morgan fingerprint density at radius 3 is 2.33 bits per heavy atom. The molecule has 1 heterocycles.